The monoisotopic (exact) mass is 406 g/mol. The van der Waals surface area contributed by atoms with E-state index in [0.29, 0.717) is 16.2 Å². The van der Waals surface area contributed by atoms with Crippen LogP contribution < -0.4 is 10.2 Å². The average molecular weight is 409 g/mol. The van der Waals surface area contributed by atoms with Crippen molar-refractivity contribution < 1.29 is 4.42 Å². The second kappa shape index (κ2) is 6.20. The Bertz CT molecular complexity index is 565. The molecule has 2 rings (SSSR count). The molecule has 0 saturated carbocycles. The normalized spacial score (nSPS) is 10.6. The molecule has 0 aliphatic carbocycles. The zero-order valence-corrected chi connectivity index (χ0v) is 14.4. The highest BCUT2D eigenvalue weighted by Crippen LogP contribution is 2.30. The van der Waals surface area contributed by atoms with Gasteiger partial charge in [-0.25, -0.2) is 0 Å². The van der Waals surface area contributed by atoms with Gasteiger partial charge in [-0.2, -0.15) is 0 Å². The Morgan fingerprint density at radius 3 is 2.58 bits per heavy atom. The minimum Gasteiger partial charge on any atom is -0.451 e. The highest BCUT2D eigenvalue weighted by molar-refractivity contribution is 9.13. The topological polar surface area (TPSA) is 28.4 Å². The first kappa shape index (κ1) is 14.8. The lowest BCUT2D eigenvalue weighted by Crippen LogP contribution is -2.12. The first-order valence-electron chi connectivity index (χ1n) is 5.62. The highest BCUT2D eigenvalue weighted by atomic mass is 79.9. The number of nitrogens with one attached hydrogen (secondary N) is 1. The lowest BCUT2D eigenvalue weighted by atomic mass is 10.2. The van der Waals surface area contributed by atoms with E-state index in [1.807, 2.05) is 43.3 Å². The first-order chi connectivity index (χ1) is 8.97. The van der Waals surface area contributed by atoms with E-state index in [4.69, 9.17) is 16.0 Å². The second-order valence-corrected chi connectivity index (χ2v) is 6.25. The van der Waals surface area contributed by atoms with Crippen LogP contribution in [0.15, 0.2) is 37.8 Å². The van der Waals surface area contributed by atoms with E-state index < -0.39 is 0 Å². The number of benzene rings is 1. The molecular formula is C13H13Br2ClN2O. The standard InChI is InChI=1S/C13H13Br2ClN2O/c1-18(2)12-4-3-8(16)5-11(12)17-7-9-6-10(14)13(15)19-9/h3-6,17H,7H2,1-2H3. The largest absolute Gasteiger partial charge is 0.451 e. The van der Waals surface area contributed by atoms with Crippen LogP contribution in [0.2, 0.25) is 5.02 Å². The van der Waals surface area contributed by atoms with Crippen LogP contribution in [-0.2, 0) is 6.54 Å². The summed E-state index contributed by atoms with van der Waals surface area (Å²) in [5, 5.41) is 4.03. The first-order valence-corrected chi connectivity index (χ1v) is 7.58. The van der Waals surface area contributed by atoms with E-state index in [-0.39, 0.29) is 0 Å². The minimum atomic E-state index is 0.589. The lowest BCUT2D eigenvalue weighted by molar-refractivity contribution is 0.494. The number of furan rings is 1. The van der Waals surface area contributed by atoms with E-state index in [9.17, 15) is 0 Å². The van der Waals surface area contributed by atoms with Gasteiger partial charge in [0.05, 0.1) is 22.4 Å². The molecule has 0 unspecified atom stereocenters. The Morgan fingerprint density at radius 2 is 2.00 bits per heavy atom. The number of hydrogen-bond acceptors (Lipinski definition) is 3. The molecule has 0 spiro atoms. The molecule has 1 N–H and O–H groups in total. The fraction of sp³-hybridized carbons (Fsp3) is 0.231. The molecule has 0 aliphatic heterocycles. The molecule has 19 heavy (non-hydrogen) atoms. The molecule has 2 aromatic rings. The van der Waals surface area contributed by atoms with Crippen molar-refractivity contribution in [2.45, 2.75) is 6.54 Å². The van der Waals surface area contributed by atoms with E-state index in [1.165, 1.54) is 0 Å². The van der Waals surface area contributed by atoms with Crippen molar-refractivity contribution in [3.8, 4) is 0 Å². The summed E-state index contributed by atoms with van der Waals surface area (Å²) in [4.78, 5) is 2.03. The smallest absolute Gasteiger partial charge is 0.183 e. The van der Waals surface area contributed by atoms with Crippen molar-refractivity contribution in [3.05, 3.63) is 44.2 Å². The summed E-state index contributed by atoms with van der Waals surface area (Å²) in [6, 6.07) is 7.70. The Labute approximate surface area is 134 Å². The van der Waals surface area contributed by atoms with Gasteiger partial charge < -0.3 is 14.6 Å². The van der Waals surface area contributed by atoms with Gasteiger partial charge in [-0.15, -0.1) is 0 Å². The third-order valence-electron chi connectivity index (χ3n) is 2.59. The summed E-state index contributed by atoms with van der Waals surface area (Å²) in [6.07, 6.45) is 0. The van der Waals surface area contributed by atoms with Gasteiger partial charge in [-0.05, 0) is 56.1 Å². The molecule has 0 saturated heterocycles. The Balaban J connectivity index is 2.16. The van der Waals surface area contributed by atoms with Crippen molar-refractivity contribution in [1.29, 1.82) is 0 Å². The summed E-state index contributed by atoms with van der Waals surface area (Å²) >= 11 is 12.8. The zero-order chi connectivity index (χ0) is 14.0. The van der Waals surface area contributed by atoms with Crippen molar-refractivity contribution in [1.82, 2.24) is 0 Å². The molecule has 6 heteroatoms. The van der Waals surface area contributed by atoms with Crippen molar-refractivity contribution in [3.63, 3.8) is 0 Å². The maximum absolute atomic E-state index is 6.04. The molecular weight excluding hydrogens is 395 g/mol. The van der Waals surface area contributed by atoms with Crippen LogP contribution in [-0.4, -0.2) is 14.1 Å². The summed E-state index contributed by atoms with van der Waals surface area (Å²) in [7, 11) is 3.99. The lowest BCUT2D eigenvalue weighted by Gasteiger charge is -2.18. The molecule has 3 nitrogen and oxygen atoms in total. The number of rotatable bonds is 4. The molecule has 0 amide bonds. The van der Waals surface area contributed by atoms with Gasteiger partial charge in [0.1, 0.15) is 5.76 Å². The van der Waals surface area contributed by atoms with Crippen molar-refractivity contribution in [2.24, 2.45) is 0 Å². The second-order valence-electron chi connectivity index (χ2n) is 4.24. The molecule has 1 aromatic heterocycles. The van der Waals surface area contributed by atoms with Crippen LogP contribution in [0, 0.1) is 0 Å². The highest BCUT2D eigenvalue weighted by Gasteiger charge is 2.08. The Morgan fingerprint density at radius 1 is 1.26 bits per heavy atom. The van der Waals surface area contributed by atoms with Gasteiger partial charge in [0.15, 0.2) is 4.67 Å². The van der Waals surface area contributed by atoms with E-state index in [2.05, 4.69) is 37.2 Å². The average Bonchev–Trinajstić information content (AvgIpc) is 2.66. The molecule has 0 radical (unpaired) electrons. The predicted octanol–water partition coefficient (Wildman–Crippen LogP) is 5.14. The van der Waals surface area contributed by atoms with Crippen molar-refractivity contribution in [2.75, 3.05) is 24.3 Å². The Kier molecular flexibility index (Phi) is 4.81. The summed E-state index contributed by atoms with van der Waals surface area (Å²) in [6.45, 7) is 0.589. The number of halogens is 3. The van der Waals surface area contributed by atoms with Crippen LogP contribution in [0.4, 0.5) is 11.4 Å². The molecule has 1 heterocycles. The van der Waals surface area contributed by atoms with Crippen LogP contribution >= 0.6 is 43.5 Å². The van der Waals surface area contributed by atoms with E-state index >= 15 is 0 Å². The van der Waals surface area contributed by atoms with E-state index in [0.717, 1.165) is 21.6 Å². The molecule has 0 bridgehead atoms. The van der Waals surface area contributed by atoms with Gasteiger partial charge in [-0.1, -0.05) is 11.6 Å². The van der Waals surface area contributed by atoms with Gasteiger partial charge >= 0.3 is 0 Å². The fourth-order valence-electron chi connectivity index (χ4n) is 1.70. The summed E-state index contributed by atoms with van der Waals surface area (Å²) < 4.78 is 7.13. The van der Waals surface area contributed by atoms with Crippen LogP contribution in [0.5, 0.6) is 0 Å². The van der Waals surface area contributed by atoms with Gasteiger partial charge in [-0.3, -0.25) is 0 Å². The third kappa shape index (κ3) is 3.68. The van der Waals surface area contributed by atoms with Crippen LogP contribution in [0.25, 0.3) is 0 Å². The van der Waals surface area contributed by atoms with E-state index in [1.54, 1.807) is 0 Å². The van der Waals surface area contributed by atoms with Gasteiger partial charge in [0.25, 0.3) is 0 Å². The minimum absolute atomic E-state index is 0.589. The molecule has 0 fully saturated rings. The van der Waals surface area contributed by atoms with Crippen molar-refractivity contribution >= 4 is 54.8 Å². The predicted molar refractivity (Wildman–Crippen MR) is 87.2 cm³/mol. The summed E-state index contributed by atoms with van der Waals surface area (Å²) in [5.74, 6) is 0.837. The van der Waals surface area contributed by atoms with Gasteiger partial charge in [0.2, 0.25) is 0 Å². The van der Waals surface area contributed by atoms with Crippen LogP contribution in [0.3, 0.4) is 0 Å². The number of anilines is 2. The molecule has 1 aromatic carbocycles. The SMILES string of the molecule is CN(C)c1ccc(Cl)cc1NCc1cc(Br)c(Br)o1. The third-order valence-corrected chi connectivity index (χ3v) is 4.53. The maximum Gasteiger partial charge on any atom is 0.183 e. The maximum atomic E-state index is 6.04. The number of nitrogens with zero attached hydrogens (tertiary/aromatic N) is 1. The number of hydrogen-bond donors (Lipinski definition) is 1. The van der Waals surface area contributed by atoms with Gasteiger partial charge in [0, 0.05) is 19.1 Å². The zero-order valence-electron chi connectivity index (χ0n) is 10.5. The molecule has 0 aliphatic rings. The molecule has 0 atom stereocenters. The van der Waals surface area contributed by atoms with Crippen LogP contribution in [0.1, 0.15) is 5.76 Å². The molecule has 102 valence electrons. The fourth-order valence-corrected chi connectivity index (χ4v) is 2.53. The quantitative estimate of drug-likeness (QED) is 0.760. The Hall–Kier alpha value is -0.650. The summed E-state index contributed by atoms with van der Waals surface area (Å²) in [5.41, 5.74) is 2.05.